The maximum atomic E-state index is 12.5. The summed E-state index contributed by atoms with van der Waals surface area (Å²) in [5, 5.41) is 8.80. The van der Waals surface area contributed by atoms with Crippen molar-refractivity contribution in [1.82, 2.24) is 0 Å². The van der Waals surface area contributed by atoms with E-state index in [1.165, 1.54) is 18.2 Å². The van der Waals surface area contributed by atoms with Crippen molar-refractivity contribution in [3.05, 3.63) is 35.9 Å². The Balaban J connectivity index is 2.85. The highest BCUT2D eigenvalue weighted by molar-refractivity contribution is 5.58. The highest BCUT2D eigenvalue weighted by Gasteiger charge is 2.22. The normalized spacial score (nSPS) is 10.6. The van der Waals surface area contributed by atoms with Crippen molar-refractivity contribution in [1.29, 1.82) is 5.26 Å². The van der Waals surface area contributed by atoms with Gasteiger partial charge in [-0.3, -0.25) is 0 Å². The summed E-state index contributed by atoms with van der Waals surface area (Å²) in [5.74, 6) is -2.63. The van der Waals surface area contributed by atoms with Gasteiger partial charge in [-0.05, 0) is 23.8 Å². The van der Waals surface area contributed by atoms with Gasteiger partial charge in [-0.15, -0.1) is 0 Å². The summed E-state index contributed by atoms with van der Waals surface area (Å²) in [6.07, 6.45) is 1.52. The molecule has 0 heterocycles. The first-order valence-electron chi connectivity index (χ1n) is 4.63. The molecule has 2 nitrogen and oxygen atoms in total. The summed E-state index contributed by atoms with van der Waals surface area (Å²) >= 11 is 0. The molecule has 1 aromatic rings. The minimum absolute atomic E-state index is 0.253. The number of nitrogens with zero attached hydrogens (tertiary/aromatic N) is 1. The van der Waals surface area contributed by atoms with E-state index in [2.05, 4.69) is 6.58 Å². The maximum Gasteiger partial charge on any atom is 0.278 e. The summed E-state index contributed by atoms with van der Waals surface area (Å²) in [6, 6.07) is 6.50. The SMILES string of the molecule is C=Cc1ccc(OCC(C)(F)F)cc1C#N. The Morgan fingerprint density at radius 3 is 2.75 bits per heavy atom. The highest BCUT2D eigenvalue weighted by atomic mass is 19.3. The average molecular weight is 223 g/mol. The van der Waals surface area contributed by atoms with Crippen LogP contribution in [-0.4, -0.2) is 12.5 Å². The minimum Gasteiger partial charge on any atom is -0.487 e. The molecule has 0 bridgehead atoms. The van der Waals surface area contributed by atoms with E-state index in [0.717, 1.165) is 6.92 Å². The first-order valence-corrected chi connectivity index (χ1v) is 4.63. The van der Waals surface area contributed by atoms with Crippen LogP contribution < -0.4 is 4.74 Å². The summed E-state index contributed by atoms with van der Waals surface area (Å²) in [5.41, 5.74) is 1.00. The van der Waals surface area contributed by atoms with Crippen molar-refractivity contribution < 1.29 is 13.5 Å². The van der Waals surface area contributed by atoms with E-state index in [4.69, 9.17) is 10.00 Å². The van der Waals surface area contributed by atoms with E-state index < -0.39 is 12.5 Å². The van der Waals surface area contributed by atoms with E-state index in [1.807, 2.05) is 6.07 Å². The second-order valence-corrected chi connectivity index (χ2v) is 3.42. The Labute approximate surface area is 92.8 Å². The third-order valence-corrected chi connectivity index (χ3v) is 1.86. The zero-order chi connectivity index (χ0) is 12.2. The highest BCUT2D eigenvalue weighted by Crippen LogP contribution is 2.20. The smallest absolute Gasteiger partial charge is 0.278 e. The number of alkyl halides is 2. The van der Waals surface area contributed by atoms with E-state index in [0.29, 0.717) is 11.1 Å². The number of hydrogen-bond acceptors (Lipinski definition) is 2. The monoisotopic (exact) mass is 223 g/mol. The van der Waals surface area contributed by atoms with Crippen LogP contribution in [0.25, 0.3) is 6.08 Å². The zero-order valence-electron chi connectivity index (χ0n) is 8.84. The Kier molecular flexibility index (Phi) is 3.62. The van der Waals surface area contributed by atoms with E-state index in [1.54, 1.807) is 6.07 Å². The third-order valence-electron chi connectivity index (χ3n) is 1.86. The van der Waals surface area contributed by atoms with Gasteiger partial charge < -0.3 is 4.74 Å². The maximum absolute atomic E-state index is 12.5. The lowest BCUT2D eigenvalue weighted by Gasteiger charge is -2.12. The van der Waals surface area contributed by atoms with Gasteiger partial charge in [0.05, 0.1) is 11.6 Å². The summed E-state index contributed by atoms with van der Waals surface area (Å²) < 4.78 is 29.9. The molecule has 0 spiro atoms. The summed E-state index contributed by atoms with van der Waals surface area (Å²) in [7, 11) is 0. The second-order valence-electron chi connectivity index (χ2n) is 3.42. The molecule has 1 rings (SSSR count). The molecular formula is C12H11F2NO. The molecule has 16 heavy (non-hydrogen) atoms. The van der Waals surface area contributed by atoms with Crippen LogP contribution in [-0.2, 0) is 0 Å². The van der Waals surface area contributed by atoms with Gasteiger partial charge in [0, 0.05) is 6.92 Å². The lowest BCUT2D eigenvalue weighted by Crippen LogP contribution is -2.20. The molecule has 0 atom stereocenters. The molecule has 0 aromatic heterocycles. The summed E-state index contributed by atoms with van der Waals surface area (Å²) in [6.45, 7) is 3.61. The quantitative estimate of drug-likeness (QED) is 0.785. The Bertz CT molecular complexity index is 430. The minimum atomic E-state index is -2.89. The Morgan fingerprint density at radius 1 is 1.56 bits per heavy atom. The van der Waals surface area contributed by atoms with Gasteiger partial charge in [-0.2, -0.15) is 5.26 Å². The molecule has 0 N–H and O–H groups in total. The first-order chi connectivity index (χ1) is 7.46. The van der Waals surface area contributed by atoms with Crippen molar-refractivity contribution in [3.63, 3.8) is 0 Å². The van der Waals surface area contributed by atoms with Gasteiger partial charge in [-0.25, -0.2) is 8.78 Å². The molecular weight excluding hydrogens is 212 g/mol. The van der Waals surface area contributed by atoms with E-state index in [9.17, 15) is 8.78 Å². The molecule has 0 amide bonds. The van der Waals surface area contributed by atoms with Gasteiger partial charge in [-0.1, -0.05) is 12.7 Å². The largest absolute Gasteiger partial charge is 0.487 e. The number of benzene rings is 1. The van der Waals surface area contributed by atoms with Crippen LogP contribution in [0, 0.1) is 11.3 Å². The number of halogens is 2. The molecule has 84 valence electrons. The van der Waals surface area contributed by atoms with Crippen molar-refractivity contribution in [2.45, 2.75) is 12.8 Å². The van der Waals surface area contributed by atoms with Crippen molar-refractivity contribution in [2.75, 3.05) is 6.61 Å². The molecule has 0 saturated carbocycles. The van der Waals surface area contributed by atoms with Crippen LogP contribution in [0.4, 0.5) is 8.78 Å². The van der Waals surface area contributed by atoms with Gasteiger partial charge in [0.25, 0.3) is 5.92 Å². The number of nitriles is 1. The van der Waals surface area contributed by atoms with Crippen LogP contribution in [0.15, 0.2) is 24.8 Å². The van der Waals surface area contributed by atoms with Crippen molar-refractivity contribution in [2.24, 2.45) is 0 Å². The molecule has 0 radical (unpaired) electrons. The second kappa shape index (κ2) is 4.75. The molecule has 4 heteroatoms. The fourth-order valence-corrected chi connectivity index (χ4v) is 1.11. The number of rotatable bonds is 4. The van der Waals surface area contributed by atoms with E-state index in [-0.39, 0.29) is 5.75 Å². The molecule has 0 aliphatic heterocycles. The van der Waals surface area contributed by atoms with Gasteiger partial charge in [0.15, 0.2) is 6.61 Å². The van der Waals surface area contributed by atoms with Crippen LogP contribution >= 0.6 is 0 Å². The molecule has 1 aromatic carbocycles. The fourth-order valence-electron chi connectivity index (χ4n) is 1.11. The molecule has 0 fully saturated rings. The standard InChI is InChI=1S/C12H11F2NO/c1-3-9-4-5-11(6-10(9)7-15)16-8-12(2,13)14/h3-6H,1,8H2,2H3. The predicted octanol–water partition coefficient (Wildman–Crippen LogP) is 3.24. The van der Waals surface area contributed by atoms with Crippen molar-refractivity contribution >= 4 is 6.08 Å². The van der Waals surface area contributed by atoms with Crippen LogP contribution in [0.1, 0.15) is 18.1 Å². The van der Waals surface area contributed by atoms with Crippen LogP contribution in [0.3, 0.4) is 0 Å². The van der Waals surface area contributed by atoms with Gasteiger partial charge in [0.2, 0.25) is 0 Å². The van der Waals surface area contributed by atoms with Gasteiger partial charge >= 0.3 is 0 Å². The van der Waals surface area contributed by atoms with E-state index >= 15 is 0 Å². The molecule has 0 saturated heterocycles. The zero-order valence-corrected chi connectivity index (χ0v) is 8.84. The van der Waals surface area contributed by atoms with Crippen LogP contribution in [0.2, 0.25) is 0 Å². The predicted molar refractivity (Wildman–Crippen MR) is 57.4 cm³/mol. The lowest BCUT2D eigenvalue weighted by molar-refractivity contribution is -0.0229. The summed E-state index contributed by atoms with van der Waals surface area (Å²) in [4.78, 5) is 0. The number of ether oxygens (including phenoxy) is 1. The van der Waals surface area contributed by atoms with Gasteiger partial charge in [0.1, 0.15) is 5.75 Å². The Hall–Kier alpha value is -1.89. The molecule has 0 unspecified atom stereocenters. The fraction of sp³-hybridized carbons (Fsp3) is 0.250. The number of hydrogen-bond donors (Lipinski definition) is 0. The topological polar surface area (TPSA) is 33.0 Å². The molecule has 0 aliphatic carbocycles. The Morgan fingerprint density at radius 2 is 2.25 bits per heavy atom. The van der Waals surface area contributed by atoms with Crippen LogP contribution in [0.5, 0.6) is 5.75 Å². The average Bonchev–Trinajstić information content (AvgIpc) is 2.25. The first kappa shape index (κ1) is 12.2. The third kappa shape index (κ3) is 3.35. The molecule has 0 aliphatic rings. The van der Waals surface area contributed by atoms with Crippen molar-refractivity contribution in [3.8, 4) is 11.8 Å². The lowest BCUT2D eigenvalue weighted by atomic mass is 10.1.